The number of nitrogens with one attached hydrogen (secondary N) is 1. The first kappa shape index (κ1) is 12.2. The molecule has 0 saturated heterocycles. The minimum Gasteiger partial charge on any atom is -0.361 e. The highest BCUT2D eigenvalue weighted by atomic mass is 16.5. The largest absolute Gasteiger partial charge is 0.361 e. The quantitative estimate of drug-likeness (QED) is 0.811. The molecule has 3 nitrogen and oxygen atoms in total. The molecule has 1 aromatic heterocycles. The zero-order valence-corrected chi connectivity index (χ0v) is 10.4. The Hall–Kier alpha value is -0.830. The maximum absolute atomic E-state index is 5.17. The summed E-state index contributed by atoms with van der Waals surface area (Å²) >= 11 is 0. The highest BCUT2D eigenvalue weighted by Crippen LogP contribution is 2.21. The standard InChI is InChI=1S/C12H22N2O/c1-6-7-8(2)13-9(3)12-10(4)14-15-11(12)5/h8-9,13H,6-7H2,1-5H3. The first-order chi connectivity index (χ1) is 7.06. The van der Waals surface area contributed by atoms with E-state index in [9.17, 15) is 0 Å². The third kappa shape index (κ3) is 3.06. The molecule has 86 valence electrons. The van der Waals surface area contributed by atoms with E-state index in [4.69, 9.17) is 4.52 Å². The molecule has 1 N–H and O–H groups in total. The predicted octanol–water partition coefficient (Wildman–Crippen LogP) is 3.13. The fourth-order valence-electron chi connectivity index (χ4n) is 2.13. The average molecular weight is 210 g/mol. The van der Waals surface area contributed by atoms with E-state index < -0.39 is 0 Å². The second-order valence-electron chi connectivity index (χ2n) is 4.32. The fourth-order valence-corrected chi connectivity index (χ4v) is 2.13. The van der Waals surface area contributed by atoms with Crippen molar-refractivity contribution >= 4 is 0 Å². The van der Waals surface area contributed by atoms with Crippen LogP contribution < -0.4 is 5.32 Å². The van der Waals surface area contributed by atoms with E-state index in [1.165, 1.54) is 18.4 Å². The average Bonchev–Trinajstić information content (AvgIpc) is 2.46. The molecule has 0 spiro atoms. The Morgan fingerprint density at radius 1 is 1.33 bits per heavy atom. The molecule has 0 aliphatic carbocycles. The van der Waals surface area contributed by atoms with Gasteiger partial charge in [-0.3, -0.25) is 0 Å². The summed E-state index contributed by atoms with van der Waals surface area (Å²) in [6, 6.07) is 0.858. The van der Waals surface area contributed by atoms with E-state index >= 15 is 0 Å². The van der Waals surface area contributed by atoms with Crippen LogP contribution in [0.15, 0.2) is 4.52 Å². The van der Waals surface area contributed by atoms with Crippen LogP contribution in [0.25, 0.3) is 0 Å². The molecule has 2 atom stereocenters. The van der Waals surface area contributed by atoms with E-state index in [1.807, 2.05) is 13.8 Å². The molecule has 1 rings (SSSR count). The summed E-state index contributed by atoms with van der Waals surface area (Å²) in [5.74, 6) is 0.927. The van der Waals surface area contributed by atoms with Crippen molar-refractivity contribution in [2.75, 3.05) is 0 Å². The van der Waals surface area contributed by atoms with Crippen LogP contribution in [0, 0.1) is 13.8 Å². The van der Waals surface area contributed by atoms with Gasteiger partial charge in [0.1, 0.15) is 5.76 Å². The molecule has 2 unspecified atom stereocenters. The molecular formula is C12H22N2O. The van der Waals surface area contributed by atoms with Crippen molar-refractivity contribution in [3.05, 3.63) is 17.0 Å². The fraction of sp³-hybridized carbons (Fsp3) is 0.750. The van der Waals surface area contributed by atoms with Gasteiger partial charge in [-0.15, -0.1) is 0 Å². The van der Waals surface area contributed by atoms with E-state index in [0.29, 0.717) is 12.1 Å². The summed E-state index contributed by atoms with van der Waals surface area (Å²) in [5, 5.41) is 7.54. The van der Waals surface area contributed by atoms with E-state index in [-0.39, 0.29) is 0 Å². The first-order valence-corrected chi connectivity index (χ1v) is 5.75. The van der Waals surface area contributed by atoms with Gasteiger partial charge in [0.2, 0.25) is 0 Å². The van der Waals surface area contributed by atoms with Crippen molar-refractivity contribution in [2.24, 2.45) is 0 Å². The summed E-state index contributed by atoms with van der Waals surface area (Å²) in [4.78, 5) is 0. The summed E-state index contributed by atoms with van der Waals surface area (Å²) in [6.07, 6.45) is 2.41. The van der Waals surface area contributed by atoms with Crippen LogP contribution in [-0.4, -0.2) is 11.2 Å². The predicted molar refractivity (Wildman–Crippen MR) is 61.9 cm³/mol. The monoisotopic (exact) mass is 210 g/mol. The maximum Gasteiger partial charge on any atom is 0.138 e. The number of hydrogen-bond acceptors (Lipinski definition) is 3. The van der Waals surface area contributed by atoms with Crippen molar-refractivity contribution in [2.45, 2.75) is 59.5 Å². The van der Waals surface area contributed by atoms with Crippen molar-refractivity contribution in [3.63, 3.8) is 0 Å². The minimum atomic E-state index is 0.317. The molecule has 3 heteroatoms. The van der Waals surface area contributed by atoms with Crippen LogP contribution in [0.2, 0.25) is 0 Å². The van der Waals surface area contributed by atoms with Crippen molar-refractivity contribution in [1.82, 2.24) is 10.5 Å². The molecule has 0 aromatic carbocycles. The van der Waals surface area contributed by atoms with Gasteiger partial charge >= 0.3 is 0 Å². The lowest BCUT2D eigenvalue weighted by atomic mass is 10.1. The van der Waals surface area contributed by atoms with Gasteiger partial charge in [0.05, 0.1) is 5.69 Å². The maximum atomic E-state index is 5.17. The Bertz CT molecular complexity index is 287. The van der Waals surface area contributed by atoms with Gasteiger partial charge in [-0.25, -0.2) is 0 Å². The van der Waals surface area contributed by atoms with Crippen molar-refractivity contribution in [3.8, 4) is 0 Å². The van der Waals surface area contributed by atoms with Gasteiger partial charge in [0.25, 0.3) is 0 Å². The van der Waals surface area contributed by atoms with Gasteiger partial charge in [-0.2, -0.15) is 0 Å². The minimum absolute atomic E-state index is 0.317. The molecule has 0 saturated carbocycles. The molecule has 0 fully saturated rings. The molecule has 0 aliphatic heterocycles. The molecule has 0 bridgehead atoms. The number of aryl methyl sites for hydroxylation is 2. The Kier molecular flexibility index (Phi) is 4.33. The highest BCUT2D eigenvalue weighted by Gasteiger charge is 2.17. The van der Waals surface area contributed by atoms with Gasteiger partial charge < -0.3 is 9.84 Å². The lowest BCUT2D eigenvalue weighted by Crippen LogP contribution is -2.29. The normalized spacial score (nSPS) is 15.3. The molecule has 0 aliphatic rings. The molecule has 1 aromatic rings. The van der Waals surface area contributed by atoms with Crippen LogP contribution >= 0.6 is 0 Å². The van der Waals surface area contributed by atoms with Crippen LogP contribution in [0.5, 0.6) is 0 Å². The molecule has 0 radical (unpaired) electrons. The Balaban J connectivity index is 2.64. The number of aromatic nitrogens is 1. The van der Waals surface area contributed by atoms with Crippen molar-refractivity contribution in [1.29, 1.82) is 0 Å². The van der Waals surface area contributed by atoms with E-state index in [1.54, 1.807) is 0 Å². The summed E-state index contributed by atoms with van der Waals surface area (Å²) < 4.78 is 5.17. The van der Waals surface area contributed by atoms with E-state index in [0.717, 1.165) is 11.5 Å². The SMILES string of the molecule is CCCC(C)NC(C)c1c(C)noc1C. The summed E-state index contributed by atoms with van der Waals surface area (Å²) in [7, 11) is 0. The summed E-state index contributed by atoms with van der Waals surface area (Å²) in [5.41, 5.74) is 2.20. The lowest BCUT2D eigenvalue weighted by Gasteiger charge is -2.19. The smallest absolute Gasteiger partial charge is 0.138 e. The first-order valence-electron chi connectivity index (χ1n) is 5.75. The Morgan fingerprint density at radius 2 is 2.00 bits per heavy atom. The van der Waals surface area contributed by atoms with Gasteiger partial charge in [0, 0.05) is 17.6 Å². The third-order valence-electron chi connectivity index (χ3n) is 2.78. The zero-order valence-electron chi connectivity index (χ0n) is 10.4. The second-order valence-corrected chi connectivity index (χ2v) is 4.32. The van der Waals surface area contributed by atoms with Gasteiger partial charge in [-0.1, -0.05) is 18.5 Å². The molecule has 1 heterocycles. The molecule has 0 amide bonds. The van der Waals surface area contributed by atoms with E-state index in [2.05, 4.69) is 31.2 Å². The lowest BCUT2D eigenvalue weighted by molar-refractivity contribution is 0.388. The topological polar surface area (TPSA) is 38.1 Å². The Labute approximate surface area is 92.2 Å². The summed E-state index contributed by atoms with van der Waals surface area (Å²) in [6.45, 7) is 10.6. The molecule has 15 heavy (non-hydrogen) atoms. The van der Waals surface area contributed by atoms with Crippen LogP contribution in [0.3, 0.4) is 0 Å². The Morgan fingerprint density at radius 3 is 2.47 bits per heavy atom. The third-order valence-corrected chi connectivity index (χ3v) is 2.78. The zero-order chi connectivity index (χ0) is 11.4. The number of hydrogen-bond donors (Lipinski definition) is 1. The van der Waals surface area contributed by atoms with Crippen molar-refractivity contribution < 1.29 is 4.52 Å². The number of nitrogens with zero attached hydrogens (tertiary/aromatic N) is 1. The van der Waals surface area contributed by atoms with Crippen LogP contribution in [0.4, 0.5) is 0 Å². The second kappa shape index (κ2) is 5.31. The van der Waals surface area contributed by atoms with Crippen LogP contribution in [0.1, 0.15) is 56.7 Å². The van der Waals surface area contributed by atoms with Crippen LogP contribution in [-0.2, 0) is 0 Å². The highest BCUT2D eigenvalue weighted by molar-refractivity contribution is 5.24. The van der Waals surface area contributed by atoms with Gasteiger partial charge in [-0.05, 0) is 34.1 Å². The number of rotatable bonds is 5. The molecular weight excluding hydrogens is 188 g/mol. The van der Waals surface area contributed by atoms with Gasteiger partial charge in [0.15, 0.2) is 0 Å².